The molecule has 0 aliphatic rings. The number of rotatable bonds is 3. The molecular weight excluding hydrogens is 84.0 g/mol. The summed E-state index contributed by atoms with van der Waals surface area (Å²) in [5, 5.41) is 7.85. The molecule has 0 aliphatic carbocycles. The van der Waals surface area contributed by atoms with Crippen LogP contribution < -0.4 is 0 Å². The Kier molecular flexibility index (Phi) is 4.78. The smallest absolute Gasteiger partial charge is 0.178 e. The minimum absolute atomic E-state index is 0.367. The average Bonchev–Trinajstić information content (AvgIpc) is 1.61. The molecule has 38 valence electrons. The second-order valence-electron chi connectivity index (χ2n) is 0.653. The van der Waals surface area contributed by atoms with Crippen molar-refractivity contribution in [3.05, 3.63) is 0 Å². The first-order valence-electron chi connectivity index (χ1n) is 1.77. The highest BCUT2D eigenvalue weighted by molar-refractivity contribution is 3.92. The third-order valence-electron chi connectivity index (χ3n) is 0.254. The zero-order valence-electron chi connectivity index (χ0n) is 3.68. The Hall–Kier alpha value is -0.120. The van der Waals surface area contributed by atoms with Gasteiger partial charge in [0.05, 0.1) is 6.61 Å². The summed E-state index contributed by atoms with van der Waals surface area (Å²) in [6.45, 7) is 1.88. The molecule has 0 fully saturated rings. The maximum Gasteiger partial charge on any atom is 0.178 e. The summed E-state index contributed by atoms with van der Waals surface area (Å²) in [6.07, 6.45) is 0. The van der Waals surface area contributed by atoms with Gasteiger partial charge in [-0.1, -0.05) is 0 Å². The molecule has 0 atom stereocenters. The quantitative estimate of drug-likeness (QED) is 0.229. The van der Waals surface area contributed by atoms with Crippen LogP contribution in [0.15, 0.2) is 0 Å². The predicted octanol–water partition coefficient (Wildman–Crippen LogP) is -0.0957. The molecule has 6 heavy (non-hydrogen) atoms. The average molecular weight is 92.1 g/mol. The monoisotopic (exact) mass is 92.0 g/mol. The van der Waals surface area contributed by atoms with Crippen LogP contribution in [0.5, 0.6) is 0 Å². The zero-order valence-corrected chi connectivity index (χ0v) is 3.68. The molecule has 0 saturated carbocycles. The van der Waals surface area contributed by atoms with Crippen LogP contribution in [-0.4, -0.2) is 18.5 Å². The Morgan fingerprint density at radius 1 is 1.50 bits per heavy atom. The molecule has 0 bridgehead atoms. The molecule has 0 saturated heterocycles. The molecular formula is C3H8O3. The fourth-order valence-electron chi connectivity index (χ4n) is 0.121. The van der Waals surface area contributed by atoms with Gasteiger partial charge in [-0.15, -0.1) is 0 Å². The molecule has 0 spiro atoms. The third kappa shape index (κ3) is 3.88. The minimum atomic E-state index is -0.367. The molecule has 0 aromatic carbocycles. The van der Waals surface area contributed by atoms with Gasteiger partial charge in [-0.3, -0.25) is 0 Å². The van der Waals surface area contributed by atoms with Gasteiger partial charge in [-0.25, -0.2) is 9.78 Å². The fourth-order valence-corrected chi connectivity index (χ4v) is 0.121. The molecule has 0 aromatic heterocycles. The summed E-state index contributed by atoms with van der Waals surface area (Å²) < 4.78 is 0. The van der Waals surface area contributed by atoms with E-state index in [1.54, 1.807) is 6.92 Å². The molecule has 0 heterocycles. The summed E-state index contributed by atoms with van der Waals surface area (Å²) in [5.41, 5.74) is 0. The standard InChI is InChI=1S/C3H8O3/c1-2-5-6-3-4/h4H,2-3H2,1H3. The SMILES string of the molecule is CCOOCO. The third-order valence-corrected chi connectivity index (χ3v) is 0.254. The van der Waals surface area contributed by atoms with Crippen molar-refractivity contribution in [3.8, 4) is 0 Å². The van der Waals surface area contributed by atoms with Crippen LogP contribution in [0.4, 0.5) is 0 Å². The van der Waals surface area contributed by atoms with Crippen molar-refractivity contribution in [3.63, 3.8) is 0 Å². The van der Waals surface area contributed by atoms with Crippen LogP contribution in [0.25, 0.3) is 0 Å². The number of hydrogen-bond acceptors (Lipinski definition) is 3. The minimum Gasteiger partial charge on any atom is -0.368 e. The van der Waals surface area contributed by atoms with E-state index in [2.05, 4.69) is 9.78 Å². The lowest BCUT2D eigenvalue weighted by molar-refractivity contribution is -0.325. The second kappa shape index (κ2) is 4.88. The van der Waals surface area contributed by atoms with Gasteiger partial charge in [0.2, 0.25) is 0 Å². The van der Waals surface area contributed by atoms with Crippen LogP contribution in [0.1, 0.15) is 6.92 Å². The highest BCUT2D eigenvalue weighted by atomic mass is 17.2. The summed E-state index contributed by atoms with van der Waals surface area (Å²) in [7, 11) is 0. The molecule has 3 heteroatoms. The Morgan fingerprint density at radius 2 is 2.17 bits per heavy atom. The number of aliphatic hydroxyl groups excluding tert-OH is 1. The van der Waals surface area contributed by atoms with Crippen molar-refractivity contribution in [2.45, 2.75) is 6.92 Å². The van der Waals surface area contributed by atoms with Gasteiger partial charge in [0.1, 0.15) is 0 Å². The topological polar surface area (TPSA) is 38.7 Å². The van der Waals surface area contributed by atoms with E-state index >= 15 is 0 Å². The van der Waals surface area contributed by atoms with Gasteiger partial charge in [-0.2, -0.15) is 0 Å². The maximum atomic E-state index is 7.85. The molecule has 3 nitrogen and oxygen atoms in total. The lowest BCUT2D eigenvalue weighted by Crippen LogP contribution is -1.92. The second-order valence-corrected chi connectivity index (χ2v) is 0.653. The number of hydrogen-bond donors (Lipinski definition) is 1. The van der Waals surface area contributed by atoms with E-state index in [9.17, 15) is 0 Å². The van der Waals surface area contributed by atoms with Gasteiger partial charge in [0.25, 0.3) is 0 Å². The summed E-state index contributed by atoms with van der Waals surface area (Å²) in [4.78, 5) is 8.27. The van der Waals surface area contributed by atoms with E-state index in [4.69, 9.17) is 5.11 Å². The molecule has 0 amide bonds. The van der Waals surface area contributed by atoms with Crippen molar-refractivity contribution < 1.29 is 14.9 Å². The van der Waals surface area contributed by atoms with Gasteiger partial charge >= 0.3 is 0 Å². The predicted molar refractivity (Wildman–Crippen MR) is 19.8 cm³/mol. The summed E-state index contributed by atoms with van der Waals surface area (Å²) in [6, 6.07) is 0. The molecule has 0 rings (SSSR count). The fraction of sp³-hybridized carbons (Fsp3) is 1.00. The molecule has 0 radical (unpaired) electrons. The van der Waals surface area contributed by atoms with Crippen molar-refractivity contribution in [2.24, 2.45) is 0 Å². The normalized spacial score (nSPS) is 9.00. The van der Waals surface area contributed by atoms with Crippen LogP contribution in [-0.2, 0) is 9.78 Å². The molecule has 0 unspecified atom stereocenters. The first-order valence-corrected chi connectivity index (χ1v) is 1.77. The summed E-state index contributed by atoms with van der Waals surface area (Å²) in [5.74, 6) is 0. The van der Waals surface area contributed by atoms with E-state index in [0.29, 0.717) is 6.61 Å². The Labute approximate surface area is 36.4 Å². The van der Waals surface area contributed by atoms with Gasteiger partial charge in [-0.05, 0) is 6.92 Å². The lowest BCUT2D eigenvalue weighted by atomic mass is 10.9. The van der Waals surface area contributed by atoms with Gasteiger partial charge < -0.3 is 5.11 Å². The van der Waals surface area contributed by atoms with Crippen LogP contribution in [0, 0.1) is 0 Å². The maximum absolute atomic E-state index is 7.85. The largest absolute Gasteiger partial charge is 0.368 e. The van der Waals surface area contributed by atoms with E-state index in [1.165, 1.54) is 0 Å². The van der Waals surface area contributed by atoms with Crippen LogP contribution in [0.2, 0.25) is 0 Å². The number of aliphatic hydroxyl groups is 1. The Balaban J connectivity index is 2.34. The molecule has 0 aliphatic heterocycles. The Morgan fingerprint density at radius 3 is 2.33 bits per heavy atom. The van der Waals surface area contributed by atoms with Crippen molar-refractivity contribution in [1.29, 1.82) is 0 Å². The van der Waals surface area contributed by atoms with Crippen LogP contribution >= 0.6 is 0 Å². The Bertz CT molecular complexity index is 18.0. The first-order chi connectivity index (χ1) is 2.91. The van der Waals surface area contributed by atoms with Gasteiger partial charge in [0.15, 0.2) is 6.79 Å². The van der Waals surface area contributed by atoms with Crippen molar-refractivity contribution in [2.75, 3.05) is 13.4 Å². The van der Waals surface area contributed by atoms with E-state index in [1.807, 2.05) is 0 Å². The van der Waals surface area contributed by atoms with E-state index in [-0.39, 0.29) is 6.79 Å². The van der Waals surface area contributed by atoms with Crippen molar-refractivity contribution in [1.82, 2.24) is 0 Å². The zero-order chi connectivity index (χ0) is 4.83. The summed E-state index contributed by atoms with van der Waals surface area (Å²) >= 11 is 0. The molecule has 1 N–H and O–H groups in total. The van der Waals surface area contributed by atoms with Gasteiger partial charge in [0, 0.05) is 0 Å². The lowest BCUT2D eigenvalue weighted by Gasteiger charge is -1.91. The first kappa shape index (κ1) is 5.88. The van der Waals surface area contributed by atoms with E-state index < -0.39 is 0 Å². The van der Waals surface area contributed by atoms with E-state index in [0.717, 1.165) is 0 Å². The molecule has 0 aromatic rings. The van der Waals surface area contributed by atoms with Crippen LogP contribution in [0.3, 0.4) is 0 Å². The highest BCUT2D eigenvalue weighted by Crippen LogP contribution is 1.69. The highest BCUT2D eigenvalue weighted by Gasteiger charge is 1.72. The van der Waals surface area contributed by atoms with Crippen molar-refractivity contribution >= 4 is 0 Å².